The van der Waals surface area contributed by atoms with E-state index in [1.807, 2.05) is 12.1 Å². The highest BCUT2D eigenvalue weighted by Gasteiger charge is 2.34. The fourth-order valence-electron chi connectivity index (χ4n) is 4.09. The van der Waals surface area contributed by atoms with Crippen LogP contribution in [0.1, 0.15) is 35.7 Å². The Hall–Kier alpha value is -2.61. The third kappa shape index (κ3) is 5.41. The van der Waals surface area contributed by atoms with Gasteiger partial charge in [0, 0.05) is 41.0 Å². The third-order valence-corrected chi connectivity index (χ3v) is 5.95. The fourth-order valence-corrected chi connectivity index (χ4v) is 4.28. The van der Waals surface area contributed by atoms with Crippen LogP contribution in [-0.2, 0) is 16.1 Å². The molecule has 2 amide bonds. The number of piperidine rings is 1. The molecule has 9 heteroatoms. The molecule has 0 radical (unpaired) electrons. The molecule has 2 aromatic rings. The molecule has 0 spiro atoms. The Morgan fingerprint density at radius 2 is 1.81 bits per heavy atom. The van der Waals surface area contributed by atoms with E-state index in [4.69, 9.17) is 16.3 Å². The Morgan fingerprint density at radius 1 is 1.12 bits per heavy atom. The number of nitrogens with one attached hydrogen (secondary N) is 1. The maximum atomic E-state index is 12.4. The lowest BCUT2D eigenvalue weighted by atomic mass is 10.0. The van der Waals surface area contributed by atoms with E-state index in [1.54, 1.807) is 35.2 Å². The molecule has 32 heavy (non-hydrogen) atoms. The fraction of sp³-hybridized carbons (Fsp3) is 0.348. The average molecular weight is 478 g/mol. The van der Waals surface area contributed by atoms with Gasteiger partial charge in [0.25, 0.3) is 0 Å². The minimum atomic E-state index is -0.333. The lowest BCUT2D eigenvalue weighted by Gasteiger charge is -2.40. The molecule has 2 aliphatic heterocycles. The number of fused-ring (bicyclic) bond motifs is 1. The predicted molar refractivity (Wildman–Crippen MR) is 126 cm³/mol. The summed E-state index contributed by atoms with van der Waals surface area (Å²) in [5, 5.41) is 3.49. The van der Waals surface area contributed by atoms with Gasteiger partial charge in [0.2, 0.25) is 5.91 Å². The molecule has 0 aromatic heterocycles. The van der Waals surface area contributed by atoms with E-state index in [1.165, 1.54) is 6.92 Å². The van der Waals surface area contributed by atoms with E-state index >= 15 is 0 Å². The summed E-state index contributed by atoms with van der Waals surface area (Å²) in [5.41, 5.74) is 3.03. The summed E-state index contributed by atoms with van der Waals surface area (Å²) >= 11 is 6.08. The van der Waals surface area contributed by atoms with Gasteiger partial charge in [0.15, 0.2) is 5.78 Å². The molecule has 2 aromatic carbocycles. The number of nitrogens with zero attached hydrogens (tertiary/aromatic N) is 2. The van der Waals surface area contributed by atoms with Gasteiger partial charge in [-0.2, -0.15) is 0 Å². The Morgan fingerprint density at radius 3 is 2.47 bits per heavy atom. The Bertz CT molecular complexity index is 1000. The van der Waals surface area contributed by atoms with Crippen molar-refractivity contribution in [2.75, 3.05) is 29.9 Å². The van der Waals surface area contributed by atoms with E-state index in [9.17, 15) is 14.4 Å². The van der Waals surface area contributed by atoms with E-state index < -0.39 is 0 Å². The maximum Gasteiger partial charge on any atom is 0.414 e. The van der Waals surface area contributed by atoms with Crippen molar-refractivity contribution in [3.8, 4) is 0 Å². The smallest absolute Gasteiger partial charge is 0.414 e. The first-order valence-corrected chi connectivity index (χ1v) is 10.7. The van der Waals surface area contributed by atoms with Crippen molar-refractivity contribution in [2.24, 2.45) is 0 Å². The number of anilines is 2. The summed E-state index contributed by atoms with van der Waals surface area (Å²) in [4.78, 5) is 40.0. The third-order valence-electron chi connectivity index (χ3n) is 5.71. The van der Waals surface area contributed by atoms with Gasteiger partial charge >= 0.3 is 6.09 Å². The SMILES string of the molecule is CC(=O)c1ccc(NC(=O)CN2CCC(N3C(=O)OCc4cc(Cl)ccc43)CC2)cc1.Cl. The quantitative estimate of drug-likeness (QED) is 0.640. The van der Waals surface area contributed by atoms with Crippen LogP contribution in [0.15, 0.2) is 42.5 Å². The van der Waals surface area contributed by atoms with Crippen LogP contribution in [-0.4, -0.2) is 48.4 Å². The van der Waals surface area contributed by atoms with Crippen LogP contribution in [0.3, 0.4) is 0 Å². The standard InChI is InChI=1S/C23H24ClN3O4.ClH/c1-15(28)16-2-5-19(6-3-16)25-22(29)13-26-10-8-20(9-11-26)27-21-7-4-18(24)12-17(21)14-31-23(27)30;/h2-7,12,20H,8-11,13-14H2,1H3,(H,25,29);1H. The van der Waals surface area contributed by atoms with Gasteiger partial charge in [-0.25, -0.2) is 4.79 Å². The molecule has 2 aliphatic rings. The molecule has 4 rings (SSSR count). The van der Waals surface area contributed by atoms with Gasteiger partial charge in [-0.3, -0.25) is 19.4 Å². The van der Waals surface area contributed by atoms with Gasteiger partial charge in [-0.05, 0) is 62.2 Å². The van der Waals surface area contributed by atoms with E-state index in [0.29, 0.717) is 29.4 Å². The molecule has 1 saturated heterocycles. The number of halogens is 2. The summed E-state index contributed by atoms with van der Waals surface area (Å²) in [5.74, 6) is -0.115. The second-order valence-corrected chi connectivity index (χ2v) is 8.32. The van der Waals surface area contributed by atoms with Crippen molar-refractivity contribution in [2.45, 2.75) is 32.4 Å². The van der Waals surface area contributed by atoms with Gasteiger partial charge in [-0.15, -0.1) is 12.4 Å². The van der Waals surface area contributed by atoms with Crippen LogP contribution in [0, 0.1) is 0 Å². The molecule has 1 fully saturated rings. The van der Waals surface area contributed by atoms with Crippen molar-refractivity contribution in [3.05, 3.63) is 58.6 Å². The first-order chi connectivity index (χ1) is 14.9. The van der Waals surface area contributed by atoms with Crippen molar-refractivity contribution in [3.63, 3.8) is 0 Å². The minimum absolute atomic E-state index is 0. The zero-order valence-corrected chi connectivity index (χ0v) is 19.2. The Balaban J connectivity index is 0.00000289. The monoisotopic (exact) mass is 477 g/mol. The summed E-state index contributed by atoms with van der Waals surface area (Å²) in [6, 6.07) is 12.4. The largest absolute Gasteiger partial charge is 0.444 e. The number of benzene rings is 2. The Kier molecular flexibility index (Phi) is 7.77. The van der Waals surface area contributed by atoms with Crippen molar-refractivity contribution in [1.29, 1.82) is 0 Å². The number of hydrogen-bond acceptors (Lipinski definition) is 5. The minimum Gasteiger partial charge on any atom is -0.444 e. The normalized spacial score (nSPS) is 16.6. The van der Waals surface area contributed by atoms with E-state index in [0.717, 1.165) is 24.1 Å². The molecule has 0 saturated carbocycles. The lowest BCUT2D eigenvalue weighted by molar-refractivity contribution is -0.117. The number of ether oxygens (including phenoxy) is 1. The topological polar surface area (TPSA) is 79.0 Å². The molecule has 0 atom stereocenters. The molecular formula is C23H25Cl2N3O4. The number of Topliss-reactive ketones (excluding diaryl/α,β-unsaturated/α-hetero) is 1. The van der Waals surface area contributed by atoms with Crippen LogP contribution in [0.2, 0.25) is 5.02 Å². The molecule has 170 valence electrons. The second-order valence-electron chi connectivity index (χ2n) is 7.89. The van der Waals surface area contributed by atoms with Gasteiger partial charge in [0.05, 0.1) is 12.2 Å². The maximum absolute atomic E-state index is 12.4. The van der Waals surface area contributed by atoms with E-state index in [-0.39, 0.29) is 49.4 Å². The number of amides is 2. The highest BCUT2D eigenvalue weighted by Crippen LogP contribution is 2.33. The highest BCUT2D eigenvalue weighted by atomic mass is 35.5. The Labute approximate surface area is 198 Å². The van der Waals surface area contributed by atoms with Crippen molar-refractivity contribution < 1.29 is 19.1 Å². The van der Waals surface area contributed by atoms with Crippen LogP contribution < -0.4 is 10.2 Å². The number of cyclic esters (lactones) is 1. The number of ketones is 1. The van der Waals surface area contributed by atoms with E-state index in [2.05, 4.69) is 10.2 Å². The lowest BCUT2D eigenvalue weighted by Crippen LogP contribution is -2.50. The van der Waals surface area contributed by atoms with Crippen LogP contribution in [0.4, 0.5) is 16.2 Å². The van der Waals surface area contributed by atoms with Crippen LogP contribution in [0.5, 0.6) is 0 Å². The van der Waals surface area contributed by atoms with Gasteiger partial charge in [-0.1, -0.05) is 11.6 Å². The van der Waals surface area contributed by atoms with Crippen LogP contribution >= 0.6 is 24.0 Å². The number of carbonyl (C=O) groups excluding carboxylic acids is 3. The second kappa shape index (κ2) is 10.3. The first kappa shape index (κ1) is 24.0. The van der Waals surface area contributed by atoms with Gasteiger partial charge < -0.3 is 10.1 Å². The zero-order valence-electron chi connectivity index (χ0n) is 17.7. The average Bonchev–Trinajstić information content (AvgIpc) is 2.75. The van der Waals surface area contributed by atoms with Gasteiger partial charge in [0.1, 0.15) is 6.61 Å². The zero-order chi connectivity index (χ0) is 22.0. The summed E-state index contributed by atoms with van der Waals surface area (Å²) < 4.78 is 5.34. The first-order valence-electron chi connectivity index (χ1n) is 10.3. The molecule has 7 nitrogen and oxygen atoms in total. The van der Waals surface area contributed by atoms with Crippen molar-refractivity contribution >= 4 is 53.2 Å². The summed E-state index contributed by atoms with van der Waals surface area (Å²) in [6.07, 6.45) is 1.16. The molecule has 1 N–H and O–H groups in total. The summed E-state index contributed by atoms with van der Waals surface area (Å²) in [7, 11) is 0. The summed E-state index contributed by atoms with van der Waals surface area (Å²) in [6.45, 7) is 3.42. The predicted octanol–water partition coefficient (Wildman–Crippen LogP) is 4.52. The van der Waals surface area contributed by atoms with Crippen LogP contribution in [0.25, 0.3) is 0 Å². The number of likely N-dealkylation sites (tertiary alicyclic amines) is 1. The number of carbonyl (C=O) groups is 3. The highest BCUT2D eigenvalue weighted by molar-refractivity contribution is 6.30. The van der Waals surface area contributed by atoms with Crippen molar-refractivity contribution in [1.82, 2.24) is 4.90 Å². The number of rotatable bonds is 5. The molecular weight excluding hydrogens is 453 g/mol. The molecule has 2 heterocycles. The number of hydrogen-bond donors (Lipinski definition) is 1. The molecule has 0 bridgehead atoms. The molecule has 0 aliphatic carbocycles. The molecule has 0 unspecified atom stereocenters.